The molecule has 0 spiro atoms. The van der Waals surface area contributed by atoms with Crippen LogP contribution in [0.3, 0.4) is 0 Å². The molecular formula is C14H16N2O4S. The molecule has 4 N–H and O–H groups in total. The van der Waals surface area contributed by atoms with Crippen LogP contribution in [-0.4, -0.2) is 19.8 Å². The van der Waals surface area contributed by atoms with E-state index in [1.54, 1.807) is 35.2 Å². The van der Waals surface area contributed by atoms with Crippen LogP contribution in [0, 0.1) is 6.92 Å². The third kappa shape index (κ3) is 4.99. The lowest BCUT2D eigenvalue weighted by molar-refractivity contribution is 0.112. The van der Waals surface area contributed by atoms with Crippen molar-refractivity contribution in [2.24, 2.45) is 5.84 Å². The van der Waals surface area contributed by atoms with E-state index in [2.05, 4.69) is 0 Å². The first-order valence-corrected chi connectivity index (χ1v) is 7.41. The van der Waals surface area contributed by atoms with Crippen LogP contribution in [0.4, 0.5) is 0 Å². The number of aromatic hydroxyl groups is 1. The Balaban J connectivity index is 0.000000219. The van der Waals surface area contributed by atoms with E-state index in [1.165, 1.54) is 18.2 Å². The summed E-state index contributed by atoms with van der Waals surface area (Å²) in [4.78, 5) is 12.0. The maximum Gasteiger partial charge on any atom is 0.253 e. The predicted molar refractivity (Wildman–Crippen MR) is 79.2 cm³/mol. The first kappa shape index (κ1) is 16.8. The third-order valence-electron chi connectivity index (χ3n) is 2.55. The second kappa shape index (κ2) is 7.53. The molecule has 0 radical (unpaired) electrons. The molecule has 2 rings (SSSR count). The fourth-order valence-corrected chi connectivity index (χ4v) is 2.00. The van der Waals surface area contributed by atoms with Crippen molar-refractivity contribution >= 4 is 16.3 Å². The summed E-state index contributed by atoms with van der Waals surface area (Å²) in [6.07, 6.45) is 0.620. The van der Waals surface area contributed by atoms with Crippen LogP contribution in [0.1, 0.15) is 15.9 Å². The van der Waals surface area contributed by atoms with Crippen LogP contribution in [0.15, 0.2) is 53.4 Å². The van der Waals surface area contributed by atoms with Gasteiger partial charge in [0.1, 0.15) is 5.75 Å². The molecule has 0 bridgehead atoms. The van der Waals surface area contributed by atoms with Crippen LogP contribution in [0.25, 0.3) is 0 Å². The largest absolute Gasteiger partial charge is 0.507 e. The fraction of sp³-hybridized carbons (Fsp3) is 0.0714. The molecule has 0 saturated carbocycles. The summed E-state index contributed by atoms with van der Waals surface area (Å²) in [6, 6.07) is 12.8. The zero-order valence-electron chi connectivity index (χ0n) is 11.4. The maximum absolute atomic E-state index is 11.1. The van der Waals surface area contributed by atoms with Crippen molar-refractivity contribution in [1.82, 2.24) is 4.83 Å². The van der Waals surface area contributed by atoms with Crippen molar-refractivity contribution in [3.8, 4) is 5.75 Å². The normalized spacial score (nSPS) is 10.4. The highest BCUT2D eigenvalue weighted by Crippen LogP contribution is 2.11. The molecule has 0 unspecified atom stereocenters. The van der Waals surface area contributed by atoms with Gasteiger partial charge in [-0.1, -0.05) is 29.8 Å². The zero-order valence-corrected chi connectivity index (χ0v) is 12.2. The van der Waals surface area contributed by atoms with Gasteiger partial charge in [0.15, 0.2) is 6.29 Å². The first-order valence-electron chi connectivity index (χ1n) is 5.93. The number of rotatable bonds is 3. The molecule has 2 aromatic carbocycles. The molecule has 0 atom stereocenters. The van der Waals surface area contributed by atoms with Crippen molar-refractivity contribution in [3.05, 3.63) is 59.7 Å². The lowest BCUT2D eigenvalue weighted by Crippen LogP contribution is -2.30. The summed E-state index contributed by atoms with van der Waals surface area (Å²) >= 11 is 0. The van der Waals surface area contributed by atoms with Crippen LogP contribution in [0.5, 0.6) is 5.75 Å². The third-order valence-corrected chi connectivity index (χ3v) is 3.75. The Morgan fingerprint density at radius 2 is 1.67 bits per heavy atom. The van der Waals surface area contributed by atoms with Crippen molar-refractivity contribution in [3.63, 3.8) is 0 Å². The molecule has 0 heterocycles. The molecule has 0 aliphatic heterocycles. The van der Waals surface area contributed by atoms with Gasteiger partial charge in [-0.15, -0.1) is 0 Å². The molecule has 7 heteroatoms. The van der Waals surface area contributed by atoms with Gasteiger partial charge in [-0.3, -0.25) is 10.6 Å². The minimum Gasteiger partial charge on any atom is -0.507 e. The van der Waals surface area contributed by atoms with E-state index >= 15 is 0 Å². The second-order valence-corrected chi connectivity index (χ2v) is 5.82. The van der Waals surface area contributed by atoms with Crippen LogP contribution in [0.2, 0.25) is 0 Å². The zero-order chi connectivity index (χ0) is 15.9. The quantitative estimate of drug-likeness (QED) is 0.450. The smallest absolute Gasteiger partial charge is 0.253 e. The number of carbonyl (C=O) groups is 1. The second-order valence-electron chi connectivity index (χ2n) is 4.11. The van der Waals surface area contributed by atoms with Gasteiger partial charge in [0.05, 0.1) is 10.5 Å². The lowest BCUT2D eigenvalue weighted by atomic mass is 10.2. The van der Waals surface area contributed by atoms with Crippen LogP contribution >= 0.6 is 0 Å². The summed E-state index contributed by atoms with van der Waals surface area (Å²) in [6.45, 7) is 1.88. The highest BCUT2D eigenvalue weighted by molar-refractivity contribution is 7.89. The number of nitrogens with two attached hydrogens (primary N) is 1. The van der Waals surface area contributed by atoms with Gasteiger partial charge >= 0.3 is 0 Å². The number of benzene rings is 2. The van der Waals surface area contributed by atoms with E-state index in [0.717, 1.165) is 5.56 Å². The van der Waals surface area contributed by atoms with E-state index in [4.69, 9.17) is 10.9 Å². The van der Waals surface area contributed by atoms with Gasteiger partial charge < -0.3 is 5.11 Å². The lowest BCUT2D eigenvalue weighted by Gasteiger charge is -2.01. The van der Waals surface area contributed by atoms with Crippen LogP contribution in [-0.2, 0) is 10.0 Å². The Kier molecular flexibility index (Phi) is 6.04. The Hall–Kier alpha value is -2.22. The maximum atomic E-state index is 11.1. The average molecular weight is 308 g/mol. The number of aryl methyl sites for hydroxylation is 1. The van der Waals surface area contributed by atoms with E-state index in [-0.39, 0.29) is 10.6 Å². The fourth-order valence-electron chi connectivity index (χ4n) is 1.37. The Labute approximate surface area is 123 Å². The first-order chi connectivity index (χ1) is 9.90. The van der Waals surface area contributed by atoms with Crippen molar-refractivity contribution in [1.29, 1.82) is 0 Å². The predicted octanol–water partition coefficient (Wildman–Crippen LogP) is 1.35. The number of sulfonamides is 1. The number of hydrogen-bond donors (Lipinski definition) is 3. The molecular weight excluding hydrogens is 292 g/mol. The summed E-state index contributed by atoms with van der Waals surface area (Å²) in [5.41, 5.74) is 1.34. The number of aldehydes is 1. The highest BCUT2D eigenvalue weighted by Gasteiger charge is 2.09. The molecule has 0 fully saturated rings. The highest BCUT2D eigenvalue weighted by atomic mass is 32.2. The molecule has 112 valence electrons. The number of hydrogen-bond acceptors (Lipinski definition) is 5. The van der Waals surface area contributed by atoms with Crippen LogP contribution < -0.4 is 10.7 Å². The van der Waals surface area contributed by atoms with Gasteiger partial charge in [0, 0.05) is 0 Å². The molecule has 21 heavy (non-hydrogen) atoms. The van der Waals surface area contributed by atoms with Gasteiger partial charge in [0.25, 0.3) is 10.0 Å². The molecule has 0 saturated heterocycles. The minimum atomic E-state index is -3.49. The SMILES string of the molecule is Cc1ccc(S(=O)(=O)NN)cc1.O=Cc1ccccc1O. The van der Waals surface area contributed by atoms with E-state index in [0.29, 0.717) is 11.8 Å². The molecule has 2 aromatic rings. The minimum absolute atomic E-state index is 0.0347. The van der Waals surface area contributed by atoms with E-state index in [9.17, 15) is 13.2 Å². The van der Waals surface area contributed by atoms with Gasteiger partial charge in [-0.25, -0.2) is 8.42 Å². The average Bonchev–Trinajstić information content (AvgIpc) is 2.49. The topological polar surface area (TPSA) is 109 Å². The van der Waals surface area contributed by atoms with Crippen molar-refractivity contribution < 1.29 is 18.3 Å². The number of phenolic OH excluding ortho intramolecular Hbond substituents is 1. The molecule has 6 nitrogen and oxygen atoms in total. The number of carbonyl (C=O) groups excluding carboxylic acids is 1. The van der Waals surface area contributed by atoms with Gasteiger partial charge in [-0.05, 0) is 31.2 Å². The monoisotopic (exact) mass is 308 g/mol. The molecule has 0 aliphatic rings. The Bertz CT molecular complexity index is 697. The summed E-state index contributed by atoms with van der Waals surface area (Å²) in [5.74, 6) is 4.87. The molecule has 0 amide bonds. The summed E-state index contributed by atoms with van der Waals surface area (Å²) in [7, 11) is -3.49. The van der Waals surface area contributed by atoms with E-state index < -0.39 is 10.0 Å². The van der Waals surface area contributed by atoms with Gasteiger partial charge in [0.2, 0.25) is 0 Å². The van der Waals surface area contributed by atoms with E-state index in [1.807, 2.05) is 6.92 Å². The number of para-hydroxylation sites is 1. The number of nitrogens with one attached hydrogen (secondary N) is 1. The van der Waals surface area contributed by atoms with Gasteiger partial charge in [-0.2, -0.15) is 4.83 Å². The summed E-state index contributed by atoms with van der Waals surface area (Å²) < 4.78 is 22.2. The number of hydrazine groups is 1. The number of phenols is 1. The standard InChI is InChI=1S/C7H10N2O2S.C7H6O2/c1-6-2-4-7(5-3-6)12(10,11)9-8;8-5-6-3-1-2-4-7(6)9/h2-5,9H,8H2,1H3;1-5,9H. The Morgan fingerprint density at radius 1 is 1.10 bits per heavy atom. The van der Waals surface area contributed by atoms with Crippen molar-refractivity contribution in [2.45, 2.75) is 11.8 Å². The molecule has 0 aromatic heterocycles. The van der Waals surface area contributed by atoms with Crippen molar-refractivity contribution in [2.75, 3.05) is 0 Å². The molecule has 0 aliphatic carbocycles. The summed E-state index contributed by atoms with van der Waals surface area (Å²) in [5, 5.41) is 8.88. The Morgan fingerprint density at radius 3 is 2.10 bits per heavy atom.